The maximum Gasteiger partial charge on any atom is 0.307 e. The second-order valence-corrected chi connectivity index (χ2v) is 4.24. The largest absolute Gasteiger partial charge is 0.494 e. The van der Waals surface area contributed by atoms with E-state index in [2.05, 4.69) is 10.6 Å². The molecule has 0 radical (unpaired) electrons. The summed E-state index contributed by atoms with van der Waals surface area (Å²) in [5.74, 6) is 0.336. The van der Waals surface area contributed by atoms with Crippen LogP contribution in [0.4, 0.5) is 5.69 Å². The minimum absolute atomic E-state index is 0.145. The number of carbonyl (C=O) groups excluding carboxylic acids is 2. The summed E-state index contributed by atoms with van der Waals surface area (Å²) >= 11 is 0. The highest BCUT2D eigenvalue weighted by molar-refractivity contribution is 5.92. The van der Waals surface area contributed by atoms with E-state index in [1.165, 1.54) is 0 Å². The molecule has 6 nitrogen and oxygen atoms in total. The molecule has 0 saturated carbocycles. The highest BCUT2D eigenvalue weighted by Crippen LogP contribution is 2.15. The Morgan fingerprint density at radius 3 is 2.43 bits per heavy atom. The molecule has 0 aliphatic carbocycles. The zero-order valence-electron chi connectivity index (χ0n) is 12.5. The Morgan fingerprint density at radius 1 is 1.10 bits per heavy atom. The number of benzene rings is 1. The Kier molecular flexibility index (Phi) is 7.89. The summed E-state index contributed by atoms with van der Waals surface area (Å²) in [5.41, 5.74) is 0.704. The topological polar surface area (TPSA) is 76.7 Å². The van der Waals surface area contributed by atoms with Crippen molar-refractivity contribution in [3.05, 3.63) is 24.3 Å². The molecule has 0 bridgehead atoms. The van der Waals surface area contributed by atoms with Gasteiger partial charge in [0.25, 0.3) is 0 Å². The normalized spacial score (nSPS) is 10.0. The van der Waals surface area contributed by atoms with E-state index >= 15 is 0 Å². The van der Waals surface area contributed by atoms with E-state index in [0.717, 1.165) is 5.75 Å². The van der Waals surface area contributed by atoms with Gasteiger partial charge >= 0.3 is 5.97 Å². The number of anilines is 1. The Hall–Kier alpha value is -2.08. The molecule has 0 saturated heterocycles. The van der Waals surface area contributed by atoms with Crippen molar-refractivity contribution in [2.24, 2.45) is 0 Å². The average molecular weight is 294 g/mol. The van der Waals surface area contributed by atoms with Crippen LogP contribution in [0.3, 0.4) is 0 Å². The molecule has 0 unspecified atom stereocenters. The molecule has 21 heavy (non-hydrogen) atoms. The van der Waals surface area contributed by atoms with Crippen molar-refractivity contribution >= 4 is 17.6 Å². The van der Waals surface area contributed by atoms with Crippen molar-refractivity contribution < 1.29 is 19.1 Å². The van der Waals surface area contributed by atoms with Gasteiger partial charge in [0.05, 0.1) is 26.2 Å². The van der Waals surface area contributed by atoms with Crippen LogP contribution in [0.5, 0.6) is 5.75 Å². The number of rotatable bonds is 9. The quantitative estimate of drug-likeness (QED) is 0.534. The summed E-state index contributed by atoms with van der Waals surface area (Å²) < 4.78 is 10.1. The van der Waals surface area contributed by atoms with Crippen LogP contribution in [0.2, 0.25) is 0 Å². The minimum Gasteiger partial charge on any atom is -0.494 e. The van der Waals surface area contributed by atoms with E-state index in [1.54, 1.807) is 31.2 Å². The zero-order valence-corrected chi connectivity index (χ0v) is 12.5. The van der Waals surface area contributed by atoms with Crippen molar-refractivity contribution in [3.63, 3.8) is 0 Å². The summed E-state index contributed by atoms with van der Waals surface area (Å²) in [6.45, 7) is 5.21. The van der Waals surface area contributed by atoms with Gasteiger partial charge in [-0.25, -0.2) is 0 Å². The van der Waals surface area contributed by atoms with Crippen molar-refractivity contribution in [3.8, 4) is 5.75 Å². The van der Waals surface area contributed by atoms with E-state index in [1.807, 2.05) is 6.92 Å². The standard InChI is InChI=1S/C15H22N2O4/c1-3-20-13-7-5-12(6-8-13)17-14(18)11-16-10-9-15(19)21-4-2/h5-8,16H,3-4,9-11H2,1-2H3,(H,17,18). The highest BCUT2D eigenvalue weighted by atomic mass is 16.5. The number of esters is 1. The molecule has 6 heteroatoms. The number of amides is 1. The molecule has 2 N–H and O–H groups in total. The summed E-state index contributed by atoms with van der Waals surface area (Å²) in [6, 6.07) is 7.16. The molecule has 0 heterocycles. The Morgan fingerprint density at radius 2 is 1.81 bits per heavy atom. The minimum atomic E-state index is -0.267. The number of nitrogens with one attached hydrogen (secondary N) is 2. The van der Waals surface area contributed by atoms with Crippen LogP contribution < -0.4 is 15.4 Å². The van der Waals surface area contributed by atoms with Gasteiger partial charge < -0.3 is 20.1 Å². The molecule has 1 aromatic carbocycles. The van der Waals surface area contributed by atoms with Gasteiger partial charge in [-0.3, -0.25) is 9.59 Å². The van der Waals surface area contributed by atoms with Gasteiger partial charge in [-0.1, -0.05) is 0 Å². The van der Waals surface area contributed by atoms with Crippen molar-refractivity contribution in [2.75, 3.05) is 31.6 Å². The second-order valence-electron chi connectivity index (χ2n) is 4.24. The summed E-state index contributed by atoms with van der Waals surface area (Å²) in [5, 5.41) is 5.64. The fourth-order valence-electron chi connectivity index (χ4n) is 1.63. The highest BCUT2D eigenvalue weighted by Gasteiger charge is 2.04. The lowest BCUT2D eigenvalue weighted by molar-refractivity contribution is -0.143. The van der Waals surface area contributed by atoms with Crippen molar-refractivity contribution in [1.82, 2.24) is 5.32 Å². The molecule has 0 aliphatic heterocycles. The third-order valence-corrected chi connectivity index (χ3v) is 2.55. The lowest BCUT2D eigenvalue weighted by Crippen LogP contribution is -2.29. The van der Waals surface area contributed by atoms with Gasteiger partial charge in [-0.2, -0.15) is 0 Å². The van der Waals surface area contributed by atoms with E-state index in [0.29, 0.717) is 25.4 Å². The van der Waals surface area contributed by atoms with Gasteiger partial charge in [-0.05, 0) is 38.1 Å². The Bertz CT molecular complexity index is 445. The SMILES string of the molecule is CCOC(=O)CCNCC(=O)Nc1ccc(OCC)cc1. The first-order chi connectivity index (χ1) is 10.2. The number of carbonyl (C=O) groups is 2. The lowest BCUT2D eigenvalue weighted by atomic mass is 10.3. The van der Waals surface area contributed by atoms with Crippen LogP contribution in [0.15, 0.2) is 24.3 Å². The molecule has 0 spiro atoms. The van der Waals surface area contributed by atoms with Gasteiger partial charge in [0.2, 0.25) is 5.91 Å². The number of ether oxygens (including phenoxy) is 2. The predicted molar refractivity (Wildman–Crippen MR) is 80.4 cm³/mol. The molecule has 116 valence electrons. The lowest BCUT2D eigenvalue weighted by Gasteiger charge is -2.08. The van der Waals surface area contributed by atoms with Crippen molar-refractivity contribution in [1.29, 1.82) is 0 Å². The maximum absolute atomic E-state index is 11.7. The summed E-state index contributed by atoms with van der Waals surface area (Å²) in [7, 11) is 0. The summed E-state index contributed by atoms with van der Waals surface area (Å²) in [4.78, 5) is 22.8. The third kappa shape index (κ3) is 7.31. The number of hydrogen-bond acceptors (Lipinski definition) is 5. The molecular weight excluding hydrogens is 272 g/mol. The fraction of sp³-hybridized carbons (Fsp3) is 0.467. The van der Waals surface area contributed by atoms with Crippen LogP contribution in [0.1, 0.15) is 20.3 Å². The average Bonchev–Trinajstić information content (AvgIpc) is 2.46. The first-order valence-corrected chi connectivity index (χ1v) is 7.04. The molecular formula is C15H22N2O4. The predicted octanol–water partition coefficient (Wildman–Crippen LogP) is 1.57. The smallest absolute Gasteiger partial charge is 0.307 e. The fourth-order valence-corrected chi connectivity index (χ4v) is 1.63. The maximum atomic E-state index is 11.7. The molecule has 1 aromatic rings. The number of hydrogen-bond donors (Lipinski definition) is 2. The Labute approximate surface area is 124 Å². The van der Waals surface area contributed by atoms with E-state index in [9.17, 15) is 9.59 Å². The molecule has 0 aromatic heterocycles. The van der Waals surface area contributed by atoms with Crippen LogP contribution in [-0.4, -0.2) is 38.2 Å². The molecule has 0 fully saturated rings. The second kappa shape index (κ2) is 9.77. The first-order valence-electron chi connectivity index (χ1n) is 7.04. The summed E-state index contributed by atoms with van der Waals surface area (Å²) in [6.07, 6.45) is 0.254. The van der Waals surface area contributed by atoms with Crippen LogP contribution in [0, 0.1) is 0 Å². The van der Waals surface area contributed by atoms with Crippen LogP contribution in [-0.2, 0) is 14.3 Å². The van der Waals surface area contributed by atoms with Gasteiger partial charge in [0, 0.05) is 12.2 Å². The zero-order chi connectivity index (χ0) is 15.5. The molecule has 1 rings (SSSR count). The van der Waals surface area contributed by atoms with E-state index in [-0.39, 0.29) is 24.8 Å². The van der Waals surface area contributed by atoms with Gasteiger partial charge in [0.15, 0.2) is 0 Å². The monoisotopic (exact) mass is 294 g/mol. The van der Waals surface area contributed by atoms with Gasteiger partial charge in [0.1, 0.15) is 5.75 Å². The Balaban J connectivity index is 2.22. The molecule has 0 aliphatic rings. The van der Waals surface area contributed by atoms with E-state index < -0.39 is 0 Å². The molecule has 1 amide bonds. The first kappa shape index (κ1) is 17.0. The van der Waals surface area contributed by atoms with Gasteiger partial charge in [-0.15, -0.1) is 0 Å². The van der Waals surface area contributed by atoms with E-state index in [4.69, 9.17) is 9.47 Å². The third-order valence-electron chi connectivity index (χ3n) is 2.55. The van der Waals surface area contributed by atoms with Crippen molar-refractivity contribution in [2.45, 2.75) is 20.3 Å². The molecule has 0 atom stereocenters. The van der Waals surface area contributed by atoms with Crippen LogP contribution in [0.25, 0.3) is 0 Å². The van der Waals surface area contributed by atoms with Crippen LogP contribution >= 0.6 is 0 Å².